The van der Waals surface area contributed by atoms with Gasteiger partial charge in [0.25, 0.3) is 0 Å². The minimum Gasteiger partial charge on any atom is -0.381 e. The molecule has 7 heteroatoms. The van der Waals surface area contributed by atoms with E-state index in [0.717, 1.165) is 39.0 Å². The maximum atomic E-state index is 12.6. The van der Waals surface area contributed by atoms with Crippen molar-refractivity contribution in [3.8, 4) is 0 Å². The number of likely N-dealkylation sites (tertiary alicyclic amines) is 1. The summed E-state index contributed by atoms with van der Waals surface area (Å²) in [6.07, 6.45) is 5.13. The molecule has 23 heavy (non-hydrogen) atoms. The molecular weight excluding hydrogens is 337 g/mol. The van der Waals surface area contributed by atoms with Crippen molar-refractivity contribution in [2.24, 2.45) is 11.8 Å². The summed E-state index contributed by atoms with van der Waals surface area (Å²) in [4.78, 5) is 16.9. The number of nitrogens with one attached hydrogen (secondary N) is 1. The average Bonchev–Trinajstić information content (AvgIpc) is 2.76. The van der Waals surface area contributed by atoms with E-state index in [0.29, 0.717) is 36.4 Å². The van der Waals surface area contributed by atoms with Gasteiger partial charge in [0.1, 0.15) is 0 Å². The zero-order valence-electron chi connectivity index (χ0n) is 14.2. The summed E-state index contributed by atoms with van der Waals surface area (Å²) in [6.45, 7) is 4.52. The van der Waals surface area contributed by atoms with Gasteiger partial charge < -0.3 is 15.0 Å². The van der Waals surface area contributed by atoms with Crippen LogP contribution in [0.3, 0.4) is 0 Å². The number of rotatable bonds is 4. The number of amides is 1. The van der Waals surface area contributed by atoms with E-state index in [1.165, 1.54) is 12.8 Å². The third-order valence-corrected chi connectivity index (χ3v) is 5.69. The smallest absolute Gasteiger partial charge is 0.236 e. The Balaban J connectivity index is 0.00000132. The summed E-state index contributed by atoms with van der Waals surface area (Å²) < 4.78 is 5.63. The number of fused-ring (bicyclic) bond motifs is 2. The molecule has 3 rings (SSSR count). The van der Waals surface area contributed by atoms with Gasteiger partial charge in [-0.25, -0.2) is 0 Å². The van der Waals surface area contributed by atoms with E-state index in [2.05, 4.69) is 22.2 Å². The first-order chi connectivity index (χ1) is 10.2. The number of likely N-dealkylation sites (N-methyl/N-ethyl adjacent to an activating group) is 1. The van der Waals surface area contributed by atoms with E-state index in [1.807, 2.05) is 7.11 Å². The number of piperidine rings is 2. The minimum absolute atomic E-state index is 0. The first kappa shape index (κ1) is 21.0. The highest BCUT2D eigenvalue weighted by Gasteiger charge is 2.43. The maximum Gasteiger partial charge on any atom is 0.236 e. The number of ether oxygens (including phenoxy) is 1. The van der Waals surface area contributed by atoms with Gasteiger partial charge in [-0.15, -0.1) is 24.8 Å². The van der Waals surface area contributed by atoms with Crippen LogP contribution in [0.25, 0.3) is 0 Å². The van der Waals surface area contributed by atoms with Crippen LogP contribution in [-0.2, 0) is 9.53 Å². The van der Waals surface area contributed by atoms with E-state index in [4.69, 9.17) is 4.74 Å². The third-order valence-electron chi connectivity index (χ3n) is 5.69. The molecule has 0 radical (unpaired) electrons. The zero-order valence-corrected chi connectivity index (χ0v) is 15.8. The third kappa shape index (κ3) is 4.73. The standard InChI is InChI=1S/C16H29N3O2.2ClH/c1-18(14-5-7-17-8-6-14)11-15(20)19-9-12-3-4-13(10-19)16(12)21-2;;/h12-14,16-17H,3-11H2,1-2H3;2*1H/t12-,13+,16?;;. The van der Waals surface area contributed by atoms with E-state index in [1.54, 1.807) is 0 Å². The van der Waals surface area contributed by atoms with Crippen molar-refractivity contribution in [2.75, 3.05) is 46.9 Å². The molecule has 2 saturated heterocycles. The molecule has 3 atom stereocenters. The Hall–Kier alpha value is -0.0700. The van der Waals surface area contributed by atoms with Crippen LogP contribution >= 0.6 is 24.8 Å². The van der Waals surface area contributed by atoms with Gasteiger partial charge in [-0.1, -0.05) is 0 Å². The molecule has 3 aliphatic rings. The van der Waals surface area contributed by atoms with Crippen LogP contribution in [0.5, 0.6) is 0 Å². The van der Waals surface area contributed by atoms with E-state index >= 15 is 0 Å². The second-order valence-electron chi connectivity index (χ2n) is 6.99. The van der Waals surface area contributed by atoms with Crippen molar-refractivity contribution in [1.82, 2.24) is 15.1 Å². The topological polar surface area (TPSA) is 44.8 Å². The molecule has 2 heterocycles. The fourth-order valence-corrected chi connectivity index (χ4v) is 4.45. The van der Waals surface area contributed by atoms with Crippen molar-refractivity contribution in [2.45, 2.75) is 37.8 Å². The molecule has 5 nitrogen and oxygen atoms in total. The fourth-order valence-electron chi connectivity index (χ4n) is 4.45. The summed E-state index contributed by atoms with van der Waals surface area (Å²) >= 11 is 0. The summed E-state index contributed by atoms with van der Waals surface area (Å²) in [5.41, 5.74) is 0. The first-order valence-corrected chi connectivity index (χ1v) is 8.40. The van der Waals surface area contributed by atoms with Crippen molar-refractivity contribution in [3.05, 3.63) is 0 Å². The lowest BCUT2D eigenvalue weighted by Crippen LogP contribution is -2.52. The lowest BCUT2D eigenvalue weighted by Gasteiger charge is -2.39. The van der Waals surface area contributed by atoms with Crippen LogP contribution in [0.4, 0.5) is 0 Å². The van der Waals surface area contributed by atoms with Crippen molar-refractivity contribution < 1.29 is 9.53 Å². The number of methoxy groups -OCH3 is 1. The molecule has 2 bridgehead atoms. The molecule has 1 N–H and O–H groups in total. The predicted octanol–water partition coefficient (Wildman–Crippen LogP) is 1.40. The van der Waals surface area contributed by atoms with Gasteiger partial charge >= 0.3 is 0 Å². The Bertz CT molecular complexity index is 366. The molecule has 2 aliphatic heterocycles. The minimum atomic E-state index is 0. The molecule has 1 unspecified atom stereocenters. The molecular formula is C16H31Cl2N3O2. The molecule has 1 saturated carbocycles. The van der Waals surface area contributed by atoms with Crippen LogP contribution < -0.4 is 5.32 Å². The Kier molecular flexibility index (Phi) is 8.59. The highest BCUT2D eigenvalue weighted by Crippen LogP contribution is 2.38. The van der Waals surface area contributed by atoms with Crippen LogP contribution in [0.2, 0.25) is 0 Å². The van der Waals surface area contributed by atoms with Gasteiger partial charge in [-0.2, -0.15) is 0 Å². The van der Waals surface area contributed by atoms with Crippen molar-refractivity contribution in [1.29, 1.82) is 0 Å². The molecule has 0 spiro atoms. The largest absolute Gasteiger partial charge is 0.381 e. The maximum absolute atomic E-state index is 12.6. The Morgan fingerprint density at radius 3 is 2.22 bits per heavy atom. The predicted molar refractivity (Wildman–Crippen MR) is 96.6 cm³/mol. The van der Waals surface area contributed by atoms with E-state index in [-0.39, 0.29) is 24.8 Å². The summed E-state index contributed by atoms with van der Waals surface area (Å²) in [7, 11) is 3.92. The van der Waals surface area contributed by atoms with Crippen LogP contribution in [0.15, 0.2) is 0 Å². The number of hydrogen-bond acceptors (Lipinski definition) is 4. The Morgan fingerprint density at radius 1 is 1.13 bits per heavy atom. The van der Waals surface area contributed by atoms with Crippen molar-refractivity contribution >= 4 is 30.7 Å². The van der Waals surface area contributed by atoms with Crippen LogP contribution in [0.1, 0.15) is 25.7 Å². The number of halogens is 2. The fraction of sp³-hybridized carbons (Fsp3) is 0.938. The summed E-state index contributed by atoms with van der Waals surface area (Å²) in [5.74, 6) is 1.42. The van der Waals surface area contributed by atoms with Gasteiger partial charge in [-0.3, -0.25) is 9.69 Å². The average molecular weight is 368 g/mol. The van der Waals surface area contributed by atoms with Gasteiger partial charge in [-0.05, 0) is 45.8 Å². The first-order valence-electron chi connectivity index (χ1n) is 8.40. The van der Waals surface area contributed by atoms with Crippen molar-refractivity contribution in [3.63, 3.8) is 0 Å². The van der Waals surface area contributed by atoms with Gasteiger partial charge in [0.15, 0.2) is 0 Å². The number of hydrogen-bond donors (Lipinski definition) is 1. The second-order valence-corrected chi connectivity index (χ2v) is 6.99. The Labute approximate surface area is 152 Å². The van der Waals surface area contributed by atoms with Crippen LogP contribution in [0, 0.1) is 11.8 Å². The van der Waals surface area contributed by atoms with Crippen LogP contribution in [-0.4, -0.2) is 74.7 Å². The van der Waals surface area contributed by atoms with Gasteiger partial charge in [0, 0.05) is 38.1 Å². The Morgan fingerprint density at radius 2 is 1.70 bits per heavy atom. The zero-order chi connectivity index (χ0) is 14.8. The number of nitrogens with zero attached hydrogens (tertiary/aromatic N) is 2. The van der Waals surface area contributed by atoms with E-state index < -0.39 is 0 Å². The monoisotopic (exact) mass is 367 g/mol. The normalized spacial score (nSPS) is 30.7. The lowest BCUT2D eigenvalue weighted by molar-refractivity contribution is -0.137. The summed E-state index contributed by atoms with van der Waals surface area (Å²) in [5, 5.41) is 3.38. The molecule has 1 aliphatic carbocycles. The molecule has 3 fully saturated rings. The molecule has 136 valence electrons. The molecule has 1 amide bonds. The number of carbonyl (C=O) groups excluding carboxylic acids is 1. The van der Waals surface area contributed by atoms with Gasteiger partial charge in [0.2, 0.25) is 5.91 Å². The van der Waals surface area contributed by atoms with Gasteiger partial charge in [0.05, 0.1) is 12.6 Å². The SMILES string of the molecule is COC1[C@@H]2CC[C@H]1CN(C(=O)CN(C)C1CCNCC1)C2.Cl.Cl. The summed E-state index contributed by atoms with van der Waals surface area (Å²) in [6, 6.07) is 0.559. The highest BCUT2D eigenvalue weighted by atomic mass is 35.5. The quantitative estimate of drug-likeness (QED) is 0.815. The molecule has 0 aromatic heterocycles. The highest BCUT2D eigenvalue weighted by molar-refractivity contribution is 5.85. The lowest BCUT2D eigenvalue weighted by atomic mass is 9.94. The molecule has 0 aromatic carbocycles. The second kappa shape index (κ2) is 9.42. The number of carbonyl (C=O) groups is 1. The van der Waals surface area contributed by atoms with E-state index in [9.17, 15) is 4.79 Å². The molecule has 0 aromatic rings.